The fraction of sp³-hybridized carbons (Fsp3) is 0.417. The molecule has 1 atom stereocenters. The third kappa shape index (κ3) is 1.82. The molecule has 5 nitrogen and oxygen atoms in total. The topological polar surface area (TPSA) is 64.5 Å². The second-order valence-corrected chi connectivity index (χ2v) is 4.35. The van der Waals surface area contributed by atoms with Crippen LogP contribution in [0, 0.1) is 0 Å². The van der Waals surface area contributed by atoms with Gasteiger partial charge in [-0.05, 0) is 18.6 Å². The standard InChI is InChI=1S/C12H15N3O2/c1-15(9-4-5-16-7-9)12-14-10-3-2-8(13)6-11(10)17-12/h2-3,6,9H,4-5,7,13H2,1H3. The van der Waals surface area contributed by atoms with Crippen molar-refractivity contribution in [2.45, 2.75) is 12.5 Å². The van der Waals surface area contributed by atoms with E-state index in [0.29, 0.717) is 17.7 Å². The first-order valence-electron chi connectivity index (χ1n) is 5.71. The Bertz CT molecular complexity index is 532. The summed E-state index contributed by atoms with van der Waals surface area (Å²) in [6, 6.07) is 6.47. The highest BCUT2D eigenvalue weighted by Gasteiger charge is 2.23. The first-order valence-corrected chi connectivity index (χ1v) is 5.71. The van der Waals surface area contributed by atoms with Gasteiger partial charge in [0.2, 0.25) is 0 Å². The van der Waals surface area contributed by atoms with Gasteiger partial charge in [0.15, 0.2) is 5.58 Å². The molecular formula is C12H15N3O2. The first kappa shape index (κ1) is 10.4. The van der Waals surface area contributed by atoms with Gasteiger partial charge < -0.3 is 19.8 Å². The van der Waals surface area contributed by atoms with Crippen molar-refractivity contribution in [2.24, 2.45) is 0 Å². The molecule has 1 saturated heterocycles. The molecule has 17 heavy (non-hydrogen) atoms. The van der Waals surface area contributed by atoms with Crippen molar-refractivity contribution >= 4 is 22.8 Å². The molecule has 1 aliphatic rings. The molecule has 0 bridgehead atoms. The van der Waals surface area contributed by atoms with Gasteiger partial charge in [0.1, 0.15) is 5.52 Å². The van der Waals surface area contributed by atoms with Gasteiger partial charge in [-0.2, -0.15) is 4.98 Å². The Kier molecular flexibility index (Phi) is 2.40. The molecule has 2 aromatic rings. The third-order valence-corrected chi connectivity index (χ3v) is 3.16. The van der Waals surface area contributed by atoms with Crippen molar-refractivity contribution in [1.82, 2.24) is 4.98 Å². The number of hydrogen-bond donors (Lipinski definition) is 1. The van der Waals surface area contributed by atoms with Gasteiger partial charge >= 0.3 is 0 Å². The summed E-state index contributed by atoms with van der Waals surface area (Å²) in [5.74, 6) is 0. The van der Waals surface area contributed by atoms with Crippen LogP contribution in [-0.2, 0) is 4.74 Å². The zero-order valence-electron chi connectivity index (χ0n) is 9.72. The van der Waals surface area contributed by atoms with Crippen LogP contribution in [0.2, 0.25) is 0 Å². The average molecular weight is 233 g/mol. The number of nitrogen functional groups attached to an aromatic ring is 1. The second-order valence-electron chi connectivity index (χ2n) is 4.35. The van der Waals surface area contributed by atoms with Crippen molar-refractivity contribution in [2.75, 3.05) is 30.9 Å². The Balaban J connectivity index is 1.94. The maximum atomic E-state index is 5.71. The molecule has 0 aliphatic carbocycles. The van der Waals surface area contributed by atoms with Crippen LogP contribution in [0.1, 0.15) is 6.42 Å². The minimum Gasteiger partial charge on any atom is -0.423 e. The number of likely N-dealkylation sites (N-methyl/N-ethyl adjacent to an activating group) is 1. The van der Waals surface area contributed by atoms with Crippen LogP contribution in [0.3, 0.4) is 0 Å². The fourth-order valence-corrected chi connectivity index (χ4v) is 2.06. The summed E-state index contributed by atoms with van der Waals surface area (Å²) in [6.07, 6.45) is 1.01. The van der Waals surface area contributed by atoms with Crippen LogP contribution in [-0.4, -0.2) is 31.3 Å². The Hall–Kier alpha value is -1.75. The molecule has 5 heteroatoms. The lowest BCUT2D eigenvalue weighted by molar-refractivity contribution is 0.193. The average Bonchev–Trinajstić information content (AvgIpc) is 2.96. The second kappa shape index (κ2) is 3.92. The van der Waals surface area contributed by atoms with Crippen molar-refractivity contribution in [3.05, 3.63) is 18.2 Å². The summed E-state index contributed by atoms with van der Waals surface area (Å²) in [7, 11) is 1.98. The first-order chi connectivity index (χ1) is 8.24. The van der Waals surface area contributed by atoms with E-state index >= 15 is 0 Å². The molecule has 2 N–H and O–H groups in total. The molecule has 0 spiro atoms. The van der Waals surface area contributed by atoms with Crippen LogP contribution in [0.4, 0.5) is 11.7 Å². The molecule has 0 amide bonds. The van der Waals surface area contributed by atoms with Gasteiger partial charge in [-0.15, -0.1) is 0 Å². The molecule has 1 unspecified atom stereocenters. The molecule has 0 radical (unpaired) electrons. The number of ether oxygens (including phenoxy) is 1. The number of benzene rings is 1. The summed E-state index contributed by atoms with van der Waals surface area (Å²) in [4.78, 5) is 6.48. The SMILES string of the molecule is CN(c1nc2ccc(N)cc2o1)C1CCOC1. The number of anilines is 2. The minimum atomic E-state index is 0.348. The predicted octanol–water partition coefficient (Wildman–Crippen LogP) is 1.64. The van der Waals surface area contributed by atoms with E-state index in [-0.39, 0.29) is 0 Å². The van der Waals surface area contributed by atoms with Crippen LogP contribution in [0.15, 0.2) is 22.6 Å². The van der Waals surface area contributed by atoms with Crippen molar-refractivity contribution in [3.63, 3.8) is 0 Å². The summed E-state index contributed by atoms with van der Waals surface area (Å²) in [6.45, 7) is 1.54. The highest BCUT2D eigenvalue weighted by atomic mass is 16.5. The normalized spacial score (nSPS) is 19.9. The maximum Gasteiger partial charge on any atom is 0.298 e. The molecule has 1 aromatic carbocycles. The quantitative estimate of drug-likeness (QED) is 0.799. The van der Waals surface area contributed by atoms with Crippen molar-refractivity contribution < 1.29 is 9.15 Å². The zero-order valence-corrected chi connectivity index (χ0v) is 9.72. The monoisotopic (exact) mass is 233 g/mol. The van der Waals surface area contributed by atoms with Gasteiger partial charge in [-0.25, -0.2) is 0 Å². The van der Waals surface area contributed by atoms with Crippen LogP contribution >= 0.6 is 0 Å². The molecule has 0 saturated carbocycles. The third-order valence-electron chi connectivity index (χ3n) is 3.16. The van der Waals surface area contributed by atoms with E-state index in [4.69, 9.17) is 14.9 Å². The lowest BCUT2D eigenvalue weighted by atomic mass is 10.2. The predicted molar refractivity (Wildman–Crippen MR) is 66.0 cm³/mol. The van der Waals surface area contributed by atoms with Crippen LogP contribution < -0.4 is 10.6 Å². The number of hydrogen-bond acceptors (Lipinski definition) is 5. The maximum absolute atomic E-state index is 5.71. The number of nitrogens with zero attached hydrogens (tertiary/aromatic N) is 2. The summed E-state index contributed by atoms with van der Waals surface area (Å²) in [5.41, 5.74) is 7.96. The van der Waals surface area contributed by atoms with Gasteiger partial charge in [0.25, 0.3) is 6.01 Å². The smallest absolute Gasteiger partial charge is 0.298 e. The van der Waals surface area contributed by atoms with Gasteiger partial charge in [-0.1, -0.05) is 0 Å². The highest BCUT2D eigenvalue weighted by Crippen LogP contribution is 2.25. The van der Waals surface area contributed by atoms with Gasteiger partial charge in [-0.3, -0.25) is 0 Å². The van der Waals surface area contributed by atoms with Gasteiger partial charge in [0, 0.05) is 25.4 Å². The number of oxazole rings is 1. The van der Waals surface area contributed by atoms with E-state index in [1.165, 1.54) is 0 Å². The lowest BCUT2D eigenvalue weighted by Gasteiger charge is -2.20. The molecule has 1 aromatic heterocycles. The summed E-state index contributed by atoms with van der Waals surface area (Å²) in [5, 5.41) is 0. The summed E-state index contributed by atoms with van der Waals surface area (Å²) >= 11 is 0. The van der Waals surface area contributed by atoms with Crippen LogP contribution in [0.25, 0.3) is 11.1 Å². The fourth-order valence-electron chi connectivity index (χ4n) is 2.06. The number of fused-ring (bicyclic) bond motifs is 1. The van der Waals surface area contributed by atoms with Crippen LogP contribution in [0.5, 0.6) is 0 Å². The van der Waals surface area contributed by atoms with E-state index in [2.05, 4.69) is 4.98 Å². The lowest BCUT2D eigenvalue weighted by Crippen LogP contribution is -2.31. The van der Waals surface area contributed by atoms with E-state index in [9.17, 15) is 0 Å². The molecule has 3 rings (SSSR count). The molecule has 2 heterocycles. The Morgan fingerprint density at radius 2 is 2.35 bits per heavy atom. The number of aromatic nitrogens is 1. The van der Waals surface area contributed by atoms with E-state index < -0.39 is 0 Å². The minimum absolute atomic E-state index is 0.348. The zero-order chi connectivity index (χ0) is 11.8. The summed E-state index contributed by atoms with van der Waals surface area (Å²) < 4.78 is 11.1. The van der Waals surface area contributed by atoms with Gasteiger partial charge in [0.05, 0.1) is 12.6 Å². The van der Waals surface area contributed by atoms with Crippen molar-refractivity contribution in [3.8, 4) is 0 Å². The molecule has 90 valence electrons. The highest BCUT2D eigenvalue weighted by molar-refractivity contribution is 5.78. The largest absolute Gasteiger partial charge is 0.423 e. The number of nitrogens with two attached hydrogens (primary N) is 1. The molecular weight excluding hydrogens is 218 g/mol. The Morgan fingerprint density at radius 3 is 3.12 bits per heavy atom. The number of rotatable bonds is 2. The van der Waals surface area contributed by atoms with E-state index in [0.717, 1.165) is 30.7 Å². The molecule has 1 fully saturated rings. The van der Waals surface area contributed by atoms with E-state index in [1.54, 1.807) is 6.07 Å². The Labute approximate surface area is 99.2 Å². The van der Waals surface area contributed by atoms with Crippen molar-refractivity contribution in [1.29, 1.82) is 0 Å². The Morgan fingerprint density at radius 1 is 1.47 bits per heavy atom. The molecule has 1 aliphatic heterocycles. The van der Waals surface area contributed by atoms with E-state index in [1.807, 2.05) is 24.1 Å².